The van der Waals surface area contributed by atoms with E-state index in [2.05, 4.69) is 4.99 Å². The van der Waals surface area contributed by atoms with Gasteiger partial charge in [-0.2, -0.15) is 0 Å². The molecule has 2 heterocycles. The highest BCUT2D eigenvalue weighted by Crippen LogP contribution is 2.36. The summed E-state index contributed by atoms with van der Waals surface area (Å²) in [5, 5.41) is 12.1. The van der Waals surface area contributed by atoms with Crippen LogP contribution >= 0.6 is 11.3 Å². The van der Waals surface area contributed by atoms with E-state index in [9.17, 15) is 19.7 Å². The standard InChI is InChI=1S/C32H29N3O7S/c1-19(2)42-31(37)28-20(3)33-32-34(29(28)22-13-9-6-10-14-22)30(36)27(43-32)16-23-15-25(40-4)26(17-24(23)35(38)39)41-18-21-11-7-5-8-12-21/h5-17,19,29H,18H2,1-4H3. The maximum Gasteiger partial charge on any atom is 0.338 e. The number of methoxy groups -OCH3 is 1. The van der Waals surface area contributed by atoms with Crippen LogP contribution in [0.1, 0.15) is 43.5 Å². The van der Waals surface area contributed by atoms with Crippen molar-refractivity contribution >= 4 is 29.1 Å². The number of carbonyl (C=O) groups is 1. The molecule has 0 spiro atoms. The van der Waals surface area contributed by atoms with Crippen LogP contribution in [-0.4, -0.2) is 28.7 Å². The van der Waals surface area contributed by atoms with Gasteiger partial charge in [0.1, 0.15) is 6.61 Å². The molecule has 0 aliphatic carbocycles. The van der Waals surface area contributed by atoms with Crippen LogP contribution in [-0.2, 0) is 16.1 Å². The lowest BCUT2D eigenvalue weighted by atomic mass is 9.96. The Bertz CT molecular complexity index is 1890. The SMILES string of the molecule is COc1cc(C=c2sc3n(c2=O)C(c2ccccc2)C(C(=O)OC(C)C)=C(C)N=3)c([N+](=O)[O-])cc1OCc1ccccc1. The van der Waals surface area contributed by atoms with Gasteiger partial charge < -0.3 is 14.2 Å². The molecule has 4 aromatic rings. The van der Waals surface area contributed by atoms with E-state index in [1.165, 1.54) is 29.9 Å². The Morgan fingerprint density at radius 1 is 1.09 bits per heavy atom. The summed E-state index contributed by atoms with van der Waals surface area (Å²) in [6.07, 6.45) is 1.07. The van der Waals surface area contributed by atoms with Crippen molar-refractivity contribution in [2.45, 2.75) is 39.5 Å². The first-order chi connectivity index (χ1) is 20.7. The van der Waals surface area contributed by atoms with Gasteiger partial charge in [-0.25, -0.2) is 9.79 Å². The van der Waals surface area contributed by atoms with Crippen LogP contribution in [0.4, 0.5) is 5.69 Å². The van der Waals surface area contributed by atoms with Crippen molar-refractivity contribution in [3.63, 3.8) is 0 Å². The number of esters is 1. The van der Waals surface area contributed by atoms with E-state index < -0.39 is 22.5 Å². The molecule has 0 amide bonds. The zero-order chi connectivity index (χ0) is 30.7. The summed E-state index contributed by atoms with van der Waals surface area (Å²) in [5.74, 6) is -0.0900. The molecule has 1 aromatic heterocycles. The number of thiazole rings is 1. The number of nitro groups is 1. The highest BCUT2D eigenvalue weighted by Gasteiger charge is 2.33. The van der Waals surface area contributed by atoms with Crippen molar-refractivity contribution in [2.75, 3.05) is 7.11 Å². The third-order valence-corrected chi connectivity index (χ3v) is 7.72. The predicted octanol–water partition coefficient (Wildman–Crippen LogP) is 4.68. The number of carbonyl (C=O) groups excluding carboxylic acids is 1. The fourth-order valence-electron chi connectivity index (χ4n) is 4.80. The van der Waals surface area contributed by atoms with E-state index in [1.807, 2.05) is 60.7 Å². The zero-order valence-corrected chi connectivity index (χ0v) is 24.8. The average molecular weight is 600 g/mol. The highest BCUT2D eigenvalue weighted by atomic mass is 32.1. The largest absolute Gasteiger partial charge is 0.493 e. The molecule has 0 N–H and O–H groups in total. The second kappa shape index (κ2) is 12.5. The molecule has 5 rings (SSSR count). The van der Waals surface area contributed by atoms with Crippen LogP contribution in [0.15, 0.2) is 93.9 Å². The van der Waals surface area contributed by atoms with Crippen molar-refractivity contribution < 1.29 is 23.9 Å². The predicted molar refractivity (Wildman–Crippen MR) is 162 cm³/mol. The van der Waals surface area contributed by atoms with E-state index >= 15 is 0 Å². The summed E-state index contributed by atoms with van der Waals surface area (Å²) in [6, 6.07) is 20.5. The van der Waals surface area contributed by atoms with Gasteiger partial charge in [0.2, 0.25) is 0 Å². The molecule has 43 heavy (non-hydrogen) atoms. The van der Waals surface area contributed by atoms with Crippen molar-refractivity contribution in [3.05, 3.63) is 131 Å². The number of hydrogen-bond donors (Lipinski definition) is 0. The Hall–Kier alpha value is -5.03. The van der Waals surface area contributed by atoms with Crippen LogP contribution in [0.25, 0.3) is 6.08 Å². The number of aromatic nitrogens is 1. The van der Waals surface area contributed by atoms with Gasteiger partial charge in [0.15, 0.2) is 16.3 Å². The summed E-state index contributed by atoms with van der Waals surface area (Å²) in [5.41, 5.74) is 1.73. The first-order valence-corrected chi connectivity index (χ1v) is 14.3. The van der Waals surface area contributed by atoms with E-state index in [0.29, 0.717) is 16.1 Å². The quantitative estimate of drug-likeness (QED) is 0.156. The molecule has 0 radical (unpaired) electrons. The highest BCUT2D eigenvalue weighted by molar-refractivity contribution is 7.07. The van der Waals surface area contributed by atoms with E-state index in [0.717, 1.165) is 16.9 Å². The summed E-state index contributed by atoms with van der Waals surface area (Å²) >= 11 is 1.08. The molecule has 0 saturated heterocycles. The third kappa shape index (κ3) is 6.12. The normalized spacial score (nSPS) is 14.7. The van der Waals surface area contributed by atoms with Gasteiger partial charge in [-0.15, -0.1) is 0 Å². The van der Waals surface area contributed by atoms with Gasteiger partial charge in [0.05, 0.1) is 51.6 Å². The van der Waals surface area contributed by atoms with Crippen LogP contribution in [0.2, 0.25) is 0 Å². The summed E-state index contributed by atoms with van der Waals surface area (Å²) in [7, 11) is 1.44. The number of allylic oxidation sites excluding steroid dienone is 1. The maximum atomic E-state index is 13.9. The number of ether oxygens (including phenoxy) is 3. The first-order valence-electron chi connectivity index (χ1n) is 13.5. The Balaban J connectivity index is 1.63. The number of hydrogen-bond acceptors (Lipinski definition) is 9. The molecule has 10 nitrogen and oxygen atoms in total. The lowest BCUT2D eigenvalue weighted by Crippen LogP contribution is -2.40. The van der Waals surface area contributed by atoms with Gasteiger partial charge in [0, 0.05) is 0 Å². The van der Waals surface area contributed by atoms with Crippen LogP contribution in [0.3, 0.4) is 0 Å². The minimum Gasteiger partial charge on any atom is -0.493 e. The topological polar surface area (TPSA) is 122 Å². The molecule has 220 valence electrons. The lowest BCUT2D eigenvalue weighted by molar-refractivity contribution is -0.385. The number of rotatable bonds is 9. The van der Waals surface area contributed by atoms with Gasteiger partial charge >= 0.3 is 5.97 Å². The Morgan fingerprint density at radius 2 is 1.77 bits per heavy atom. The fraction of sp³-hybridized carbons (Fsp3) is 0.219. The second-order valence-electron chi connectivity index (χ2n) is 10.0. The second-order valence-corrected chi connectivity index (χ2v) is 11.0. The molecule has 0 saturated carbocycles. The molecule has 0 bridgehead atoms. The monoisotopic (exact) mass is 599 g/mol. The van der Waals surface area contributed by atoms with Gasteiger partial charge in [-0.3, -0.25) is 19.5 Å². The van der Waals surface area contributed by atoms with E-state index in [-0.39, 0.29) is 45.6 Å². The summed E-state index contributed by atoms with van der Waals surface area (Å²) < 4.78 is 18.5. The van der Waals surface area contributed by atoms with Gasteiger partial charge in [0.25, 0.3) is 11.2 Å². The van der Waals surface area contributed by atoms with Gasteiger partial charge in [-0.05, 0) is 44.0 Å². The fourth-order valence-corrected chi connectivity index (χ4v) is 5.84. The zero-order valence-electron chi connectivity index (χ0n) is 24.0. The first kappa shape index (κ1) is 29.5. The third-order valence-electron chi connectivity index (χ3n) is 6.73. The number of nitro benzene ring substituents is 1. The lowest BCUT2D eigenvalue weighted by Gasteiger charge is -2.25. The molecule has 1 aliphatic rings. The van der Waals surface area contributed by atoms with E-state index in [1.54, 1.807) is 20.8 Å². The van der Waals surface area contributed by atoms with Crippen molar-refractivity contribution in [1.82, 2.24) is 4.57 Å². The van der Waals surface area contributed by atoms with Crippen molar-refractivity contribution in [3.8, 4) is 11.5 Å². The Kier molecular flexibility index (Phi) is 8.53. The number of nitrogens with zero attached hydrogens (tertiary/aromatic N) is 3. The van der Waals surface area contributed by atoms with Crippen LogP contribution in [0.5, 0.6) is 11.5 Å². The smallest absolute Gasteiger partial charge is 0.338 e. The van der Waals surface area contributed by atoms with Gasteiger partial charge in [-0.1, -0.05) is 72.0 Å². The average Bonchev–Trinajstić information content (AvgIpc) is 3.29. The summed E-state index contributed by atoms with van der Waals surface area (Å²) in [6.45, 7) is 5.39. The molecule has 1 unspecified atom stereocenters. The van der Waals surface area contributed by atoms with Crippen LogP contribution < -0.4 is 24.4 Å². The molecule has 1 aliphatic heterocycles. The van der Waals surface area contributed by atoms with Crippen molar-refractivity contribution in [2.24, 2.45) is 4.99 Å². The Labute approximate surface area is 251 Å². The molecular formula is C32H29N3O7S. The number of fused-ring (bicyclic) bond motifs is 1. The molecule has 0 fully saturated rings. The Morgan fingerprint density at radius 3 is 2.40 bits per heavy atom. The maximum absolute atomic E-state index is 13.9. The molecular weight excluding hydrogens is 570 g/mol. The molecule has 11 heteroatoms. The summed E-state index contributed by atoms with van der Waals surface area (Å²) in [4.78, 5) is 43.7. The van der Waals surface area contributed by atoms with Crippen LogP contribution in [0, 0.1) is 10.1 Å². The molecule has 1 atom stereocenters. The molecule has 3 aromatic carbocycles. The van der Waals surface area contributed by atoms with Crippen molar-refractivity contribution in [1.29, 1.82) is 0 Å². The minimum absolute atomic E-state index is 0.158. The van der Waals surface area contributed by atoms with E-state index in [4.69, 9.17) is 14.2 Å². The number of benzene rings is 3. The minimum atomic E-state index is -0.788.